The van der Waals surface area contributed by atoms with Crippen LogP contribution < -0.4 is 11.2 Å². The summed E-state index contributed by atoms with van der Waals surface area (Å²) >= 11 is 0. The van der Waals surface area contributed by atoms with Gasteiger partial charge in [0.25, 0.3) is 5.56 Å². The van der Waals surface area contributed by atoms with Gasteiger partial charge in [-0.2, -0.15) is 0 Å². The second kappa shape index (κ2) is 10.6. The zero-order valence-corrected chi connectivity index (χ0v) is 15.9. The molecule has 2 N–H and O–H groups in total. The molecule has 0 bridgehead atoms. The lowest BCUT2D eigenvalue weighted by atomic mass is 10.3. The number of H-pyrrole nitrogens is 1. The van der Waals surface area contributed by atoms with Crippen molar-refractivity contribution < 1.29 is 30.9 Å². The summed E-state index contributed by atoms with van der Waals surface area (Å²) in [5, 5.41) is 0. The van der Waals surface area contributed by atoms with Gasteiger partial charge < -0.3 is 23.6 Å². The van der Waals surface area contributed by atoms with Crippen LogP contribution in [-0.2, 0) is 23.3 Å². The Morgan fingerprint density at radius 1 is 1.38 bits per heavy atom. The van der Waals surface area contributed by atoms with Gasteiger partial charge in [-0.05, 0) is 19.9 Å². The highest BCUT2D eigenvalue weighted by atomic mass is 31.2. The van der Waals surface area contributed by atoms with Gasteiger partial charge in [0.1, 0.15) is 6.10 Å². The molecular formula is C15H25N2O8P. The van der Waals surface area contributed by atoms with Gasteiger partial charge in [0, 0.05) is 32.3 Å². The van der Waals surface area contributed by atoms with Crippen LogP contribution in [0.4, 0.5) is 0 Å². The third kappa shape index (κ3) is 7.77. The molecule has 0 aromatic carbocycles. The zero-order valence-electron chi connectivity index (χ0n) is 17.0. The number of hydrogen-bond acceptors (Lipinski definition) is 7. The Kier molecular flexibility index (Phi) is 7.81. The average molecular weight is 394 g/mol. The minimum Gasteiger partial charge on any atom is -0.380 e. The topological polar surface area (TPSA) is 129 Å². The Balaban J connectivity index is 3.31. The fraction of sp³-hybridized carbons (Fsp3) is 0.600. The van der Waals surface area contributed by atoms with E-state index in [-0.39, 0.29) is 19.3 Å². The van der Waals surface area contributed by atoms with Crippen molar-refractivity contribution in [1.82, 2.24) is 9.55 Å². The van der Waals surface area contributed by atoms with E-state index < -0.39 is 43.0 Å². The lowest BCUT2D eigenvalue weighted by Gasteiger charge is -2.24. The summed E-state index contributed by atoms with van der Waals surface area (Å²) in [5.74, 6) is -0.961. The van der Waals surface area contributed by atoms with E-state index in [1.54, 1.807) is 13.8 Å². The minimum absolute atomic E-state index is 0.147. The Bertz CT molecular complexity index is 838. The molecule has 0 aliphatic rings. The van der Waals surface area contributed by atoms with Gasteiger partial charge in [0.05, 0.1) is 22.1 Å². The highest BCUT2D eigenvalue weighted by molar-refractivity contribution is 7.56. The molecule has 11 heteroatoms. The fourth-order valence-corrected chi connectivity index (χ4v) is 2.16. The molecule has 10 nitrogen and oxygen atoms in total. The van der Waals surface area contributed by atoms with Crippen molar-refractivity contribution in [3.05, 3.63) is 44.9 Å². The van der Waals surface area contributed by atoms with Gasteiger partial charge >= 0.3 is 13.3 Å². The zero-order chi connectivity index (χ0) is 21.5. The van der Waals surface area contributed by atoms with Crippen LogP contribution in [0, 0.1) is 0 Å². The Labute approximate surface area is 153 Å². The number of ether oxygens (including phenoxy) is 3. The van der Waals surface area contributed by atoms with E-state index in [0.29, 0.717) is 0 Å². The van der Waals surface area contributed by atoms with E-state index >= 15 is 0 Å². The van der Waals surface area contributed by atoms with Crippen molar-refractivity contribution in [2.24, 2.45) is 0 Å². The SMILES string of the molecule is [2H]/C(=C(/[2H])P(=O)(O)OC)[C@H](COC(C)C)O[C@H](COC)n1ccc(=O)[nH]c1=O. The lowest BCUT2D eigenvalue weighted by Crippen LogP contribution is -2.36. The first-order chi connectivity index (χ1) is 13.0. The van der Waals surface area contributed by atoms with Crippen molar-refractivity contribution in [1.29, 1.82) is 0 Å². The number of aromatic amines is 1. The smallest absolute Gasteiger partial charge is 0.351 e. The van der Waals surface area contributed by atoms with Crippen LogP contribution in [0.15, 0.2) is 33.7 Å². The minimum atomic E-state index is -4.49. The summed E-state index contributed by atoms with van der Waals surface area (Å²) in [7, 11) is -2.20. The van der Waals surface area contributed by atoms with Crippen molar-refractivity contribution in [2.75, 3.05) is 27.4 Å². The number of nitrogens with one attached hydrogen (secondary N) is 1. The standard InChI is InChI=1S/C15H25N2O8P/c1-11(2)24-9-12(6-8-26(20,21)23-4)25-14(10-22-3)17-7-5-13(18)16-15(17)19/h5-8,11-12,14H,9-10H2,1-4H3,(H,20,21)(H,16,18,19)/b8-6+/t12-,14-/m1/s1/i6D,8D. The fourth-order valence-electron chi connectivity index (χ4n) is 1.77. The van der Waals surface area contributed by atoms with Crippen LogP contribution >= 0.6 is 7.60 Å². The van der Waals surface area contributed by atoms with Crippen LogP contribution in [0.1, 0.15) is 22.8 Å². The molecule has 148 valence electrons. The molecule has 1 aromatic heterocycles. The van der Waals surface area contributed by atoms with E-state index in [0.717, 1.165) is 17.7 Å². The van der Waals surface area contributed by atoms with Crippen molar-refractivity contribution in [3.63, 3.8) is 0 Å². The molecule has 3 atom stereocenters. The molecule has 0 aliphatic carbocycles. The van der Waals surface area contributed by atoms with Gasteiger partial charge in [-0.3, -0.25) is 18.9 Å². The van der Waals surface area contributed by atoms with E-state index in [2.05, 4.69) is 9.51 Å². The van der Waals surface area contributed by atoms with E-state index in [1.165, 1.54) is 13.3 Å². The average Bonchev–Trinajstić information content (AvgIpc) is 2.63. The molecule has 26 heavy (non-hydrogen) atoms. The summed E-state index contributed by atoms with van der Waals surface area (Å²) in [4.78, 5) is 35.1. The molecular weight excluding hydrogens is 367 g/mol. The largest absolute Gasteiger partial charge is 0.380 e. The predicted molar refractivity (Wildman–Crippen MR) is 94.2 cm³/mol. The van der Waals surface area contributed by atoms with Gasteiger partial charge in [-0.1, -0.05) is 0 Å². The first-order valence-corrected chi connectivity index (χ1v) is 9.25. The molecule has 1 rings (SSSR count). The molecule has 0 radical (unpaired) electrons. The summed E-state index contributed by atoms with van der Waals surface area (Å²) in [6.45, 7) is 3.08. The number of methoxy groups -OCH3 is 1. The number of rotatable bonds is 11. The van der Waals surface area contributed by atoms with Crippen LogP contribution in [0.3, 0.4) is 0 Å². The first-order valence-electron chi connectivity index (χ1n) is 8.67. The first kappa shape index (κ1) is 19.2. The second-order valence-corrected chi connectivity index (χ2v) is 7.02. The number of nitrogens with zero attached hydrogens (tertiary/aromatic N) is 1. The summed E-state index contributed by atoms with van der Waals surface area (Å²) in [5.41, 5.74) is -1.38. The molecule has 1 heterocycles. The molecule has 0 aliphatic heterocycles. The van der Waals surface area contributed by atoms with Crippen molar-refractivity contribution in [3.8, 4) is 0 Å². The van der Waals surface area contributed by atoms with Gasteiger partial charge in [-0.15, -0.1) is 0 Å². The van der Waals surface area contributed by atoms with E-state index in [9.17, 15) is 19.0 Å². The molecule has 0 amide bonds. The van der Waals surface area contributed by atoms with Crippen LogP contribution in [-0.4, -0.2) is 54.1 Å². The quantitative estimate of drug-likeness (QED) is 0.528. The summed E-state index contributed by atoms with van der Waals surface area (Å²) in [6.07, 6.45) is -1.46. The van der Waals surface area contributed by atoms with Crippen molar-refractivity contribution >= 4 is 7.60 Å². The second-order valence-electron chi connectivity index (χ2n) is 5.39. The van der Waals surface area contributed by atoms with Gasteiger partial charge in [0.15, 0.2) is 6.23 Å². The maximum absolute atomic E-state index is 12.1. The predicted octanol–water partition coefficient (Wildman–Crippen LogP) is 0.837. The van der Waals surface area contributed by atoms with Crippen LogP contribution in [0.2, 0.25) is 0 Å². The van der Waals surface area contributed by atoms with Crippen molar-refractivity contribution in [2.45, 2.75) is 32.3 Å². The Hall–Kier alpha value is -1.55. The Morgan fingerprint density at radius 2 is 2.08 bits per heavy atom. The molecule has 0 fully saturated rings. The molecule has 0 saturated heterocycles. The van der Waals surface area contributed by atoms with Gasteiger partial charge in [0.2, 0.25) is 0 Å². The maximum atomic E-state index is 12.1. The highest BCUT2D eigenvalue weighted by Gasteiger charge is 2.20. The monoisotopic (exact) mass is 394 g/mol. The molecule has 0 saturated carbocycles. The highest BCUT2D eigenvalue weighted by Crippen LogP contribution is 2.42. The molecule has 1 unspecified atom stereocenters. The summed E-state index contributed by atoms with van der Waals surface area (Å²) in [6, 6.07) is 0.458. The third-order valence-corrected chi connectivity index (χ3v) is 3.89. The lowest BCUT2D eigenvalue weighted by molar-refractivity contribution is -0.102. The Morgan fingerprint density at radius 3 is 2.62 bits per heavy atom. The van der Waals surface area contributed by atoms with Crippen LogP contribution in [0.25, 0.3) is 0 Å². The van der Waals surface area contributed by atoms with Crippen LogP contribution in [0.5, 0.6) is 0 Å². The summed E-state index contributed by atoms with van der Waals surface area (Å²) < 4.78 is 49.4. The van der Waals surface area contributed by atoms with Gasteiger partial charge in [-0.25, -0.2) is 4.79 Å². The number of hydrogen-bond donors (Lipinski definition) is 2. The third-order valence-electron chi connectivity index (χ3n) is 2.99. The van der Waals surface area contributed by atoms with E-state index in [1.807, 2.05) is 0 Å². The maximum Gasteiger partial charge on any atom is 0.351 e. The number of aromatic nitrogens is 2. The van der Waals surface area contributed by atoms with E-state index in [4.69, 9.17) is 17.0 Å². The normalized spacial score (nSPS) is 18.5. The molecule has 0 spiro atoms. The molecule has 1 aromatic rings.